The number of para-hydroxylation sites is 1. The topological polar surface area (TPSA) is 78.9 Å². The molecule has 0 unspecified atom stereocenters. The van der Waals surface area contributed by atoms with Crippen LogP contribution in [0, 0.1) is 5.92 Å². The van der Waals surface area contributed by atoms with Crippen LogP contribution in [0.25, 0.3) is 6.08 Å². The van der Waals surface area contributed by atoms with E-state index in [2.05, 4.69) is 0 Å². The van der Waals surface area contributed by atoms with Gasteiger partial charge in [0.25, 0.3) is 5.91 Å². The van der Waals surface area contributed by atoms with Crippen LogP contribution in [0.3, 0.4) is 0 Å². The van der Waals surface area contributed by atoms with Gasteiger partial charge >= 0.3 is 0 Å². The minimum Gasteiger partial charge on any atom is -0.548 e. The number of amides is 1. The number of benzene rings is 1. The lowest BCUT2D eigenvalue weighted by atomic mass is 10.0. The number of rotatable bonds is 6. The molecule has 1 atom stereocenters. The fourth-order valence-electron chi connectivity index (χ4n) is 2.56. The van der Waals surface area contributed by atoms with Gasteiger partial charge in [-0.25, -0.2) is 0 Å². The van der Waals surface area contributed by atoms with Gasteiger partial charge in [-0.1, -0.05) is 50.0 Å². The lowest BCUT2D eigenvalue weighted by Gasteiger charge is -2.30. The molecule has 0 saturated carbocycles. The van der Waals surface area contributed by atoms with Gasteiger partial charge < -0.3 is 19.4 Å². The molecule has 1 fully saturated rings. The maximum Gasteiger partial charge on any atom is 0.266 e. The number of aliphatic carboxylic acids is 1. The monoisotopic (exact) mass is 380 g/mol. The van der Waals surface area contributed by atoms with E-state index in [9.17, 15) is 14.7 Å². The fraction of sp³-hybridized carbons (Fsp3) is 0.353. The Bertz CT molecular complexity index is 745. The number of ether oxygens (including phenoxy) is 2. The van der Waals surface area contributed by atoms with Crippen LogP contribution < -0.4 is 14.6 Å². The molecule has 6 nitrogen and oxygen atoms in total. The van der Waals surface area contributed by atoms with Gasteiger partial charge in [0.15, 0.2) is 11.5 Å². The molecule has 0 N–H and O–H groups in total. The minimum absolute atomic E-state index is 0.195. The smallest absolute Gasteiger partial charge is 0.266 e. The second-order valence-corrected chi connectivity index (χ2v) is 7.32. The molecular formula is C17H18NO5S2-. The van der Waals surface area contributed by atoms with Crippen molar-refractivity contribution in [3.8, 4) is 11.5 Å². The Hall–Kier alpha value is -2.06. The van der Waals surface area contributed by atoms with Crippen LogP contribution >= 0.6 is 24.0 Å². The molecule has 0 bridgehead atoms. The molecule has 134 valence electrons. The highest BCUT2D eigenvalue weighted by Gasteiger charge is 2.39. The van der Waals surface area contributed by atoms with Gasteiger partial charge in [0.2, 0.25) is 0 Å². The Balaban J connectivity index is 2.43. The van der Waals surface area contributed by atoms with Gasteiger partial charge in [0.05, 0.1) is 31.1 Å². The highest BCUT2D eigenvalue weighted by atomic mass is 32.2. The summed E-state index contributed by atoms with van der Waals surface area (Å²) < 4.78 is 10.8. The van der Waals surface area contributed by atoms with Crippen LogP contribution in [0.1, 0.15) is 19.4 Å². The summed E-state index contributed by atoms with van der Waals surface area (Å²) in [6.07, 6.45) is 1.62. The maximum absolute atomic E-state index is 12.7. The average molecular weight is 380 g/mol. The van der Waals surface area contributed by atoms with Crippen molar-refractivity contribution < 1.29 is 24.2 Å². The van der Waals surface area contributed by atoms with Crippen molar-refractivity contribution in [3.05, 3.63) is 28.7 Å². The quantitative estimate of drug-likeness (QED) is 0.549. The number of thioether (sulfide) groups is 1. The number of thiocarbonyl (C=S) groups is 1. The standard InChI is InChI=1S/C17H19NO5S2/c1-9(2)13(16(20)21)18-15(19)12(25-17(18)24)8-10-6-5-7-11(22-3)14(10)23-4/h5-9,13H,1-4H3,(H,20,21)/p-1/b12-8-/t13-/m1/s1. The summed E-state index contributed by atoms with van der Waals surface area (Å²) in [5.41, 5.74) is 0.636. The summed E-state index contributed by atoms with van der Waals surface area (Å²) in [6.45, 7) is 3.40. The lowest BCUT2D eigenvalue weighted by molar-refractivity contribution is -0.311. The number of carbonyl (C=O) groups is 2. The van der Waals surface area contributed by atoms with Crippen LogP contribution in [-0.4, -0.2) is 41.4 Å². The molecule has 1 aliphatic heterocycles. The number of methoxy groups -OCH3 is 2. The molecule has 25 heavy (non-hydrogen) atoms. The highest BCUT2D eigenvalue weighted by molar-refractivity contribution is 8.26. The van der Waals surface area contributed by atoms with Gasteiger partial charge in [-0.2, -0.15) is 0 Å². The van der Waals surface area contributed by atoms with Crippen molar-refractivity contribution in [1.29, 1.82) is 0 Å². The van der Waals surface area contributed by atoms with Crippen LogP contribution in [0.5, 0.6) is 11.5 Å². The Morgan fingerprint density at radius 1 is 1.32 bits per heavy atom. The first-order chi connectivity index (χ1) is 11.8. The Morgan fingerprint density at radius 3 is 2.52 bits per heavy atom. The third-order valence-corrected chi connectivity index (χ3v) is 5.03. The van der Waals surface area contributed by atoms with E-state index >= 15 is 0 Å². The number of hydrogen-bond donors (Lipinski definition) is 0. The lowest BCUT2D eigenvalue weighted by Crippen LogP contribution is -2.52. The molecule has 1 aromatic carbocycles. The van der Waals surface area contributed by atoms with E-state index in [1.807, 2.05) is 0 Å². The van der Waals surface area contributed by atoms with E-state index in [0.29, 0.717) is 22.0 Å². The summed E-state index contributed by atoms with van der Waals surface area (Å²) >= 11 is 6.27. The summed E-state index contributed by atoms with van der Waals surface area (Å²) in [4.78, 5) is 25.6. The molecular weight excluding hydrogens is 362 g/mol. The number of nitrogens with zero attached hydrogens (tertiary/aromatic N) is 1. The van der Waals surface area contributed by atoms with Crippen molar-refractivity contribution in [2.24, 2.45) is 5.92 Å². The Morgan fingerprint density at radius 2 is 2.00 bits per heavy atom. The normalized spacial score (nSPS) is 17.3. The first kappa shape index (κ1) is 19.3. The third-order valence-electron chi connectivity index (χ3n) is 3.69. The number of carbonyl (C=O) groups excluding carboxylic acids is 2. The van der Waals surface area contributed by atoms with E-state index in [-0.39, 0.29) is 10.2 Å². The number of hydrogen-bond acceptors (Lipinski definition) is 7. The van der Waals surface area contributed by atoms with Crippen LogP contribution in [0.15, 0.2) is 23.1 Å². The van der Waals surface area contributed by atoms with E-state index in [0.717, 1.165) is 16.7 Å². The van der Waals surface area contributed by atoms with Crippen molar-refractivity contribution >= 4 is 46.3 Å². The molecule has 1 amide bonds. The largest absolute Gasteiger partial charge is 0.548 e. The molecule has 0 aromatic heterocycles. The molecule has 1 aromatic rings. The molecule has 1 heterocycles. The van der Waals surface area contributed by atoms with E-state index < -0.39 is 17.9 Å². The van der Waals surface area contributed by atoms with Gasteiger partial charge in [-0.05, 0) is 18.1 Å². The zero-order valence-electron chi connectivity index (χ0n) is 14.3. The number of carboxylic acid groups (broad SMARTS) is 1. The van der Waals surface area contributed by atoms with Gasteiger partial charge in [0.1, 0.15) is 4.32 Å². The zero-order valence-corrected chi connectivity index (χ0v) is 15.9. The van der Waals surface area contributed by atoms with Crippen LogP contribution in [0.4, 0.5) is 0 Å². The van der Waals surface area contributed by atoms with Gasteiger partial charge in [-0.3, -0.25) is 9.69 Å². The molecule has 2 rings (SSSR count). The molecule has 1 saturated heterocycles. The van der Waals surface area contributed by atoms with Crippen molar-refractivity contribution in [3.63, 3.8) is 0 Å². The summed E-state index contributed by atoms with van der Waals surface area (Å²) in [6, 6.07) is 4.18. The SMILES string of the molecule is COc1cccc(/C=C2\SC(=S)N([C@@H](C(=O)[O-])C(C)C)C2=O)c1OC. The molecule has 8 heteroatoms. The summed E-state index contributed by atoms with van der Waals surface area (Å²) in [5, 5.41) is 11.4. The highest BCUT2D eigenvalue weighted by Crippen LogP contribution is 2.38. The van der Waals surface area contributed by atoms with Crippen molar-refractivity contribution in [2.45, 2.75) is 19.9 Å². The summed E-state index contributed by atoms with van der Waals surface area (Å²) in [5.74, 6) is -1.11. The molecule has 0 radical (unpaired) electrons. The fourth-order valence-corrected chi connectivity index (χ4v) is 3.88. The van der Waals surface area contributed by atoms with Gasteiger partial charge in [-0.15, -0.1) is 0 Å². The van der Waals surface area contributed by atoms with Gasteiger partial charge in [0, 0.05) is 5.56 Å². The van der Waals surface area contributed by atoms with Crippen LogP contribution in [0.2, 0.25) is 0 Å². The maximum atomic E-state index is 12.7. The molecule has 0 aliphatic carbocycles. The molecule has 0 spiro atoms. The Kier molecular flexibility index (Phi) is 6.07. The summed E-state index contributed by atoms with van der Waals surface area (Å²) in [7, 11) is 3.03. The second-order valence-electron chi connectivity index (χ2n) is 5.64. The molecule has 1 aliphatic rings. The minimum atomic E-state index is -1.33. The van der Waals surface area contributed by atoms with E-state index in [4.69, 9.17) is 21.7 Å². The predicted molar refractivity (Wildman–Crippen MR) is 98.2 cm³/mol. The first-order valence-electron chi connectivity index (χ1n) is 7.50. The van der Waals surface area contributed by atoms with Crippen LogP contribution in [-0.2, 0) is 9.59 Å². The second kappa shape index (κ2) is 7.88. The average Bonchev–Trinajstić information content (AvgIpc) is 2.82. The van der Waals surface area contributed by atoms with E-state index in [1.54, 1.807) is 38.1 Å². The predicted octanol–water partition coefficient (Wildman–Crippen LogP) is 1.68. The zero-order chi connectivity index (χ0) is 18.7. The Labute approximate surface area is 155 Å². The number of carboxylic acids is 1. The first-order valence-corrected chi connectivity index (χ1v) is 8.73. The third kappa shape index (κ3) is 3.80. The van der Waals surface area contributed by atoms with E-state index in [1.165, 1.54) is 14.2 Å². The van der Waals surface area contributed by atoms with Crippen molar-refractivity contribution in [2.75, 3.05) is 14.2 Å². The van der Waals surface area contributed by atoms with Crippen molar-refractivity contribution in [1.82, 2.24) is 4.90 Å².